The van der Waals surface area contributed by atoms with Crippen LogP contribution in [0.3, 0.4) is 0 Å². The summed E-state index contributed by atoms with van der Waals surface area (Å²) in [5, 5.41) is 12.3. The van der Waals surface area contributed by atoms with Gasteiger partial charge in [-0.25, -0.2) is 9.97 Å². The number of morpholine rings is 1. The summed E-state index contributed by atoms with van der Waals surface area (Å²) in [5.74, 6) is 2.33. The van der Waals surface area contributed by atoms with E-state index in [4.69, 9.17) is 26.3 Å². The Hall–Kier alpha value is -6.10. The van der Waals surface area contributed by atoms with Crippen molar-refractivity contribution in [1.29, 1.82) is 0 Å². The monoisotopic (exact) mass is 708 g/mol. The number of amides is 1. The Morgan fingerprint density at radius 3 is 1.81 bits per heavy atom. The minimum Gasteiger partial charge on any atom is -0.378 e. The molecule has 0 radical (unpaired) electrons. The number of para-hydroxylation sites is 2. The van der Waals surface area contributed by atoms with Crippen LogP contribution in [0, 0.1) is 0 Å². The van der Waals surface area contributed by atoms with Gasteiger partial charge in [0.15, 0.2) is 0 Å². The Bertz CT molecular complexity index is 2250. The highest BCUT2D eigenvalue weighted by Crippen LogP contribution is 2.25. The zero-order chi connectivity index (χ0) is 35.5. The lowest BCUT2D eigenvalue weighted by atomic mass is 10.2. The number of rotatable bonds is 9. The zero-order valence-electron chi connectivity index (χ0n) is 28.4. The van der Waals surface area contributed by atoms with Crippen LogP contribution in [0.1, 0.15) is 21.5 Å². The number of ether oxygens (including phenoxy) is 1. The SMILES string of the molecule is Clc1ccc(CNc2nc(N3CCOCC3)nc3ccccc23)cc1.O=C(Nc1nc(NCc2ccccc2)c2ccccc2n1)c1ccccc1. The van der Waals surface area contributed by atoms with Crippen LogP contribution < -0.4 is 20.9 Å². The number of anilines is 4. The average molecular weight is 709 g/mol. The predicted octanol–water partition coefficient (Wildman–Crippen LogP) is 8.23. The third-order valence-electron chi connectivity index (χ3n) is 8.43. The van der Waals surface area contributed by atoms with Gasteiger partial charge in [0.2, 0.25) is 11.9 Å². The van der Waals surface area contributed by atoms with Gasteiger partial charge in [-0.2, -0.15) is 9.97 Å². The molecule has 0 spiro atoms. The number of benzene rings is 5. The second-order valence-corrected chi connectivity index (χ2v) is 12.5. The Balaban J connectivity index is 0.000000162. The summed E-state index contributed by atoms with van der Waals surface area (Å²) in [6.45, 7) is 4.37. The molecule has 0 aliphatic carbocycles. The lowest BCUT2D eigenvalue weighted by molar-refractivity contribution is 0.102. The third kappa shape index (κ3) is 8.79. The van der Waals surface area contributed by atoms with Crippen molar-refractivity contribution in [3.8, 4) is 0 Å². The van der Waals surface area contributed by atoms with E-state index in [0.29, 0.717) is 37.7 Å². The van der Waals surface area contributed by atoms with Crippen molar-refractivity contribution in [3.05, 3.63) is 155 Å². The molecule has 5 aromatic carbocycles. The van der Waals surface area contributed by atoms with Crippen molar-refractivity contribution >= 4 is 62.8 Å². The highest BCUT2D eigenvalue weighted by molar-refractivity contribution is 6.30. The zero-order valence-corrected chi connectivity index (χ0v) is 29.1. The minimum atomic E-state index is -0.236. The molecule has 1 saturated heterocycles. The number of carbonyl (C=O) groups excluding carboxylic acids is 1. The second kappa shape index (κ2) is 16.7. The molecule has 0 saturated carbocycles. The maximum atomic E-state index is 12.4. The highest BCUT2D eigenvalue weighted by Gasteiger charge is 2.17. The fourth-order valence-corrected chi connectivity index (χ4v) is 5.83. The van der Waals surface area contributed by atoms with Crippen molar-refractivity contribution < 1.29 is 9.53 Å². The Morgan fingerprint density at radius 1 is 0.615 bits per heavy atom. The first-order chi connectivity index (χ1) is 25.6. The van der Waals surface area contributed by atoms with Crippen molar-refractivity contribution in [1.82, 2.24) is 19.9 Å². The molecule has 3 heterocycles. The van der Waals surface area contributed by atoms with Crippen LogP contribution in [0.15, 0.2) is 133 Å². The molecule has 0 bridgehead atoms. The summed E-state index contributed by atoms with van der Waals surface area (Å²) >= 11 is 5.96. The van der Waals surface area contributed by atoms with Crippen molar-refractivity contribution in [3.63, 3.8) is 0 Å². The van der Waals surface area contributed by atoms with E-state index in [2.05, 4.69) is 43.0 Å². The lowest BCUT2D eigenvalue weighted by Gasteiger charge is -2.27. The second-order valence-electron chi connectivity index (χ2n) is 12.0. The molecule has 10 nitrogen and oxygen atoms in total. The summed E-state index contributed by atoms with van der Waals surface area (Å²) in [7, 11) is 0. The normalized spacial score (nSPS) is 12.5. The molecule has 1 aliphatic rings. The molecule has 11 heteroatoms. The summed E-state index contributed by atoms with van der Waals surface area (Å²) in [6, 6.07) is 42.7. The van der Waals surface area contributed by atoms with Crippen molar-refractivity contribution in [2.24, 2.45) is 0 Å². The quantitative estimate of drug-likeness (QED) is 0.136. The summed E-state index contributed by atoms with van der Waals surface area (Å²) in [5.41, 5.74) is 4.58. The number of nitrogens with one attached hydrogen (secondary N) is 3. The maximum absolute atomic E-state index is 12.4. The van der Waals surface area contributed by atoms with E-state index >= 15 is 0 Å². The first-order valence-corrected chi connectivity index (χ1v) is 17.5. The minimum absolute atomic E-state index is 0.236. The van der Waals surface area contributed by atoms with Crippen LogP contribution in [0.25, 0.3) is 21.8 Å². The van der Waals surface area contributed by atoms with E-state index in [-0.39, 0.29) is 11.9 Å². The number of nitrogens with zero attached hydrogens (tertiary/aromatic N) is 5. The van der Waals surface area contributed by atoms with Gasteiger partial charge in [0.05, 0.1) is 24.2 Å². The summed E-state index contributed by atoms with van der Waals surface area (Å²) in [6.07, 6.45) is 0. The standard InChI is InChI=1S/C22H18N4O.C19H19ClN4O/c27-21(17-11-5-2-6-12-17)26-22-24-19-14-8-7-13-18(19)20(25-22)23-15-16-9-3-1-4-10-16;20-15-7-5-14(6-8-15)13-21-18-16-3-1-2-4-17(16)22-19(23-18)24-9-11-25-12-10-24/h1-14H,15H2,(H2,23,24,25,26,27);1-8H,9-13H2,(H,21,22,23). The van der Waals surface area contributed by atoms with Crippen LogP contribution in [-0.4, -0.2) is 52.1 Å². The summed E-state index contributed by atoms with van der Waals surface area (Å²) < 4.78 is 5.43. The van der Waals surface area contributed by atoms with Crippen molar-refractivity contribution in [2.45, 2.75) is 13.1 Å². The van der Waals surface area contributed by atoms with Crippen LogP contribution in [0.2, 0.25) is 5.02 Å². The smallest absolute Gasteiger partial charge is 0.258 e. The van der Waals surface area contributed by atoms with Gasteiger partial charge in [0.1, 0.15) is 11.6 Å². The molecule has 1 amide bonds. The van der Waals surface area contributed by atoms with Gasteiger partial charge in [-0.15, -0.1) is 0 Å². The Kier molecular flexibility index (Phi) is 11.1. The highest BCUT2D eigenvalue weighted by atomic mass is 35.5. The van der Waals surface area contributed by atoms with Gasteiger partial charge in [0, 0.05) is 47.5 Å². The largest absolute Gasteiger partial charge is 0.378 e. The molecule has 260 valence electrons. The van der Waals surface area contributed by atoms with Gasteiger partial charge in [-0.1, -0.05) is 96.5 Å². The van der Waals surface area contributed by atoms with E-state index in [1.54, 1.807) is 12.1 Å². The van der Waals surface area contributed by atoms with E-state index in [1.165, 1.54) is 0 Å². The van der Waals surface area contributed by atoms with E-state index in [9.17, 15) is 4.79 Å². The Labute approximate surface area is 306 Å². The van der Waals surface area contributed by atoms with E-state index < -0.39 is 0 Å². The maximum Gasteiger partial charge on any atom is 0.258 e. The topological polar surface area (TPSA) is 117 Å². The molecule has 3 N–H and O–H groups in total. The molecular formula is C41H37ClN8O2. The fourth-order valence-electron chi connectivity index (χ4n) is 5.70. The van der Waals surface area contributed by atoms with Gasteiger partial charge in [-0.3, -0.25) is 10.1 Å². The first kappa shape index (κ1) is 34.4. The van der Waals surface area contributed by atoms with Crippen LogP contribution in [0.4, 0.5) is 23.5 Å². The predicted molar refractivity (Wildman–Crippen MR) is 209 cm³/mol. The van der Waals surface area contributed by atoms with Crippen LogP contribution >= 0.6 is 11.6 Å². The van der Waals surface area contributed by atoms with Crippen LogP contribution in [-0.2, 0) is 17.8 Å². The molecule has 2 aromatic heterocycles. The number of fused-ring (bicyclic) bond motifs is 2. The molecule has 7 aromatic rings. The first-order valence-electron chi connectivity index (χ1n) is 17.1. The van der Waals surface area contributed by atoms with E-state index in [0.717, 1.165) is 62.8 Å². The average Bonchev–Trinajstić information content (AvgIpc) is 3.21. The number of hydrogen-bond donors (Lipinski definition) is 3. The molecular weight excluding hydrogens is 672 g/mol. The molecule has 1 aliphatic heterocycles. The lowest BCUT2D eigenvalue weighted by Crippen LogP contribution is -2.37. The third-order valence-corrected chi connectivity index (χ3v) is 8.68. The molecule has 1 fully saturated rings. The van der Waals surface area contributed by atoms with Crippen molar-refractivity contribution in [2.75, 3.05) is 47.2 Å². The molecule has 0 atom stereocenters. The summed E-state index contributed by atoms with van der Waals surface area (Å²) in [4.78, 5) is 33.1. The van der Waals surface area contributed by atoms with E-state index in [1.807, 2.05) is 109 Å². The fraction of sp³-hybridized carbons (Fsp3) is 0.146. The molecule has 52 heavy (non-hydrogen) atoms. The number of aromatic nitrogens is 4. The van der Waals surface area contributed by atoms with Gasteiger partial charge in [-0.05, 0) is 59.7 Å². The number of hydrogen-bond acceptors (Lipinski definition) is 9. The van der Waals surface area contributed by atoms with Crippen LogP contribution in [0.5, 0.6) is 0 Å². The molecule has 0 unspecified atom stereocenters. The molecule has 8 rings (SSSR count). The van der Waals surface area contributed by atoms with Gasteiger partial charge in [0.25, 0.3) is 5.91 Å². The van der Waals surface area contributed by atoms with Gasteiger partial charge < -0.3 is 20.3 Å². The number of carbonyl (C=O) groups is 1. The van der Waals surface area contributed by atoms with Gasteiger partial charge >= 0.3 is 0 Å². The number of halogens is 1. The Morgan fingerprint density at radius 2 is 1.15 bits per heavy atom.